The SMILES string of the molecule is CCNC(=NCc1ccccc1CN1CCOCC1)NCCc1nc(C(C)(C)C)cs1.I. The highest BCUT2D eigenvalue weighted by atomic mass is 127. The molecule has 0 unspecified atom stereocenters. The van der Waals surface area contributed by atoms with Crippen molar-refractivity contribution in [2.45, 2.75) is 52.6 Å². The van der Waals surface area contributed by atoms with Gasteiger partial charge in [0.2, 0.25) is 0 Å². The number of benzene rings is 1. The molecule has 32 heavy (non-hydrogen) atoms. The van der Waals surface area contributed by atoms with Crippen LogP contribution in [0.2, 0.25) is 0 Å². The van der Waals surface area contributed by atoms with Gasteiger partial charge >= 0.3 is 0 Å². The van der Waals surface area contributed by atoms with Crippen LogP contribution in [-0.4, -0.2) is 55.2 Å². The van der Waals surface area contributed by atoms with Crippen molar-refractivity contribution in [1.82, 2.24) is 20.5 Å². The fourth-order valence-electron chi connectivity index (χ4n) is 3.43. The first-order valence-corrected chi connectivity index (χ1v) is 12.2. The third kappa shape index (κ3) is 8.61. The summed E-state index contributed by atoms with van der Waals surface area (Å²) in [5, 5.41) is 10.2. The predicted molar refractivity (Wildman–Crippen MR) is 145 cm³/mol. The summed E-state index contributed by atoms with van der Waals surface area (Å²) in [5.41, 5.74) is 3.90. The molecular formula is C24H38IN5OS. The Morgan fingerprint density at radius 3 is 2.53 bits per heavy atom. The Labute approximate surface area is 214 Å². The van der Waals surface area contributed by atoms with Crippen LogP contribution in [0.3, 0.4) is 0 Å². The summed E-state index contributed by atoms with van der Waals surface area (Å²) in [6, 6.07) is 8.62. The smallest absolute Gasteiger partial charge is 0.191 e. The molecule has 1 aromatic carbocycles. The monoisotopic (exact) mass is 571 g/mol. The van der Waals surface area contributed by atoms with E-state index in [1.54, 1.807) is 11.3 Å². The highest BCUT2D eigenvalue weighted by molar-refractivity contribution is 14.0. The molecule has 0 amide bonds. The molecule has 0 saturated carbocycles. The molecule has 8 heteroatoms. The number of halogens is 1. The minimum atomic E-state index is 0. The molecule has 6 nitrogen and oxygen atoms in total. The first-order valence-electron chi connectivity index (χ1n) is 11.3. The average molecular weight is 572 g/mol. The van der Waals surface area contributed by atoms with Gasteiger partial charge in [0.15, 0.2) is 5.96 Å². The molecule has 1 fully saturated rings. The number of hydrogen-bond acceptors (Lipinski definition) is 5. The Morgan fingerprint density at radius 1 is 1.16 bits per heavy atom. The molecule has 1 aromatic heterocycles. The number of morpholine rings is 1. The van der Waals surface area contributed by atoms with Crippen molar-refractivity contribution in [3.05, 3.63) is 51.5 Å². The lowest BCUT2D eigenvalue weighted by molar-refractivity contribution is 0.0341. The van der Waals surface area contributed by atoms with Crippen molar-refractivity contribution < 1.29 is 4.74 Å². The van der Waals surface area contributed by atoms with E-state index in [4.69, 9.17) is 14.7 Å². The largest absolute Gasteiger partial charge is 0.379 e. The number of ether oxygens (including phenoxy) is 1. The molecule has 1 aliphatic heterocycles. The third-order valence-electron chi connectivity index (χ3n) is 5.32. The van der Waals surface area contributed by atoms with Crippen LogP contribution in [0.1, 0.15) is 49.5 Å². The summed E-state index contributed by atoms with van der Waals surface area (Å²) in [5.74, 6) is 0.858. The van der Waals surface area contributed by atoms with Gasteiger partial charge in [-0.15, -0.1) is 35.3 Å². The Bertz CT molecular complexity index is 843. The maximum Gasteiger partial charge on any atom is 0.191 e. The topological polar surface area (TPSA) is 61.8 Å². The van der Waals surface area contributed by atoms with Gasteiger partial charge in [-0.25, -0.2) is 9.98 Å². The number of aromatic nitrogens is 1. The molecule has 0 atom stereocenters. The maximum absolute atomic E-state index is 5.48. The van der Waals surface area contributed by atoms with Crippen LogP contribution in [-0.2, 0) is 29.7 Å². The predicted octanol–water partition coefficient (Wildman–Crippen LogP) is 4.19. The fourth-order valence-corrected chi connectivity index (χ4v) is 4.46. The molecule has 2 N–H and O–H groups in total. The van der Waals surface area contributed by atoms with Crippen LogP contribution < -0.4 is 10.6 Å². The summed E-state index contributed by atoms with van der Waals surface area (Å²) in [7, 11) is 0. The van der Waals surface area contributed by atoms with Crippen LogP contribution >= 0.6 is 35.3 Å². The van der Waals surface area contributed by atoms with Crippen molar-refractivity contribution in [2.75, 3.05) is 39.4 Å². The number of aliphatic imine (C=N–C) groups is 1. The Balaban J connectivity index is 0.00000363. The Morgan fingerprint density at radius 2 is 1.88 bits per heavy atom. The second-order valence-corrected chi connectivity index (χ2v) is 9.85. The molecule has 0 bridgehead atoms. The van der Waals surface area contributed by atoms with Gasteiger partial charge in [-0.1, -0.05) is 45.0 Å². The van der Waals surface area contributed by atoms with Gasteiger partial charge in [-0.2, -0.15) is 0 Å². The van der Waals surface area contributed by atoms with E-state index >= 15 is 0 Å². The molecule has 0 spiro atoms. The van der Waals surface area contributed by atoms with Crippen molar-refractivity contribution in [3.63, 3.8) is 0 Å². The van der Waals surface area contributed by atoms with E-state index in [-0.39, 0.29) is 29.4 Å². The van der Waals surface area contributed by atoms with E-state index in [0.717, 1.165) is 58.3 Å². The summed E-state index contributed by atoms with van der Waals surface area (Å²) in [6.07, 6.45) is 0.902. The minimum Gasteiger partial charge on any atom is -0.379 e. The lowest BCUT2D eigenvalue weighted by Crippen LogP contribution is -2.38. The van der Waals surface area contributed by atoms with Gasteiger partial charge in [0.25, 0.3) is 0 Å². The molecule has 2 heterocycles. The molecule has 178 valence electrons. The average Bonchev–Trinajstić information content (AvgIpc) is 3.23. The molecule has 0 radical (unpaired) electrons. The number of thiazole rings is 1. The lowest BCUT2D eigenvalue weighted by atomic mass is 9.93. The van der Waals surface area contributed by atoms with Gasteiger partial charge in [-0.3, -0.25) is 4.90 Å². The molecule has 1 aliphatic rings. The molecule has 3 rings (SSSR count). The highest BCUT2D eigenvalue weighted by Gasteiger charge is 2.17. The zero-order valence-corrected chi connectivity index (χ0v) is 23.0. The van der Waals surface area contributed by atoms with Crippen molar-refractivity contribution >= 4 is 41.3 Å². The zero-order valence-electron chi connectivity index (χ0n) is 19.8. The quantitative estimate of drug-likeness (QED) is 0.283. The normalized spacial score (nSPS) is 15.3. The van der Waals surface area contributed by atoms with Crippen molar-refractivity contribution in [3.8, 4) is 0 Å². The fraction of sp³-hybridized carbons (Fsp3) is 0.583. The molecule has 0 aliphatic carbocycles. The van der Waals surface area contributed by atoms with E-state index in [9.17, 15) is 0 Å². The minimum absolute atomic E-state index is 0. The summed E-state index contributed by atoms with van der Waals surface area (Å²) < 4.78 is 5.48. The van der Waals surface area contributed by atoms with Crippen molar-refractivity contribution in [2.24, 2.45) is 4.99 Å². The molecule has 1 saturated heterocycles. The van der Waals surface area contributed by atoms with E-state index < -0.39 is 0 Å². The van der Waals surface area contributed by atoms with E-state index in [2.05, 4.69) is 72.9 Å². The lowest BCUT2D eigenvalue weighted by Gasteiger charge is -2.27. The van der Waals surface area contributed by atoms with Crippen LogP contribution in [0.4, 0.5) is 0 Å². The van der Waals surface area contributed by atoms with Crippen LogP contribution in [0.5, 0.6) is 0 Å². The highest BCUT2D eigenvalue weighted by Crippen LogP contribution is 2.23. The molecule has 2 aromatic rings. The maximum atomic E-state index is 5.48. The number of rotatable bonds is 8. The van der Waals surface area contributed by atoms with Gasteiger partial charge in [0.05, 0.1) is 30.5 Å². The van der Waals surface area contributed by atoms with Crippen LogP contribution in [0.15, 0.2) is 34.6 Å². The zero-order chi connectivity index (χ0) is 22.1. The number of nitrogens with zero attached hydrogens (tertiary/aromatic N) is 3. The van der Waals surface area contributed by atoms with E-state index in [0.29, 0.717) is 6.54 Å². The number of hydrogen-bond donors (Lipinski definition) is 2. The first kappa shape index (κ1) is 27.0. The van der Waals surface area contributed by atoms with E-state index in [1.807, 2.05) is 0 Å². The van der Waals surface area contributed by atoms with Crippen LogP contribution in [0, 0.1) is 0 Å². The summed E-state index contributed by atoms with van der Waals surface area (Å²) >= 11 is 1.75. The third-order valence-corrected chi connectivity index (χ3v) is 6.23. The summed E-state index contributed by atoms with van der Waals surface area (Å²) in [4.78, 5) is 12.1. The number of guanidine groups is 1. The standard InChI is InChI=1S/C24H37N5OS.HI/c1-5-25-23(26-11-10-22-28-21(18-31-22)24(2,3)4)27-16-19-8-6-7-9-20(19)17-29-12-14-30-15-13-29;/h6-9,18H,5,10-17H2,1-4H3,(H2,25,26,27);1H. The molecular weight excluding hydrogens is 533 g/mol. The Kier molecular flexibility index (Phi) is 11.4. The van der Waals surface area contributed by atoms with Crippen molar-refractivity contribution in [1.29, 1.82) is 0 Å². The van der Waals surface area contributed by atoms with Gasteiger partial charge in [0.1, 0.15) is 0 Å². The second kappa shape index (κ2) is 13.5. The first-order chi connectivity index (χ1) is 15.0. The second-order valence-electron chi connectivity index (χ2n) is 8.91. The van der Waals surface area contributed by atoms with Crippen LogP contribution in [0.25, 0.3) is 0 Å². The van der Waals surface area contributed by atoms with Gasteiger partial charge < -0.3 is 15.4 Å². The summed E-state index contributed by atoms with van der Waals surface area (Å²) in [6.45, 7) is 15.6. The van der Waals surface area contributed by atoms with E-state index in [1.165, 1.54) is 21.8 Å². The number of nitrogens with one attached hydrogen (secondary N) is 2. The van der Waals surface area contributed by atoms with Gasteiger partial charge in [-0.05, 0) is 18.1 Å². The van der Waals surface area contributed by atoms with Gasteiger partial charge in [0, 0.05) is 49.9 Å². The Hall–Kier alpha value is -1.23.